The summed E-state index contributed by atoms with van der Waals surface area (Å²) < 4.78 is 4.84. The standard InChI is InChI=1S/C12H10O6/c1-7(13)18-10-5-3-2-4-8(10)6-9(11(14)15)12(16)17/h2-6H,1H3,(H,14,15)(H,16,17). The smallest absolute Gasteiger partial charge is 0.343 e. The van der Waals surface area contributed by atoms with Crippen molar-refractivity contribution in [2.45, 2.75) is 6.92 Å². The summed E-state index contributed by atoms with van der Waals surface area (Å²) >= 11 is 0. The zero-order valence-corrected chi connectivity index (χ0v) is 9.41. The van der Waals surface area contributed by atoms with Crippen LogP contribution in [0.4, 0.5) is 0 Å². The Morgan fingerprint density at radius 3 is 2.17 bits per heavy atom. The van der Waals surface area contributed by atoms with E-state index in [0.717, 1.165) is 6.08 Å². The van der Waals surface area contributed by atoms with Crippen molar-refractivity contribution in [3.8, 4) is 5.75 Å². The lowest BCUT2D eigenvalue weighted by Gasteiger charge is -2.05. The SMILES string of the molecule is CC(=O)Oc1ccccc1C=C(C(=O)O)C(=O)O. The quantitative estimate of drug-likeness (QED) is 0.273. The molecule has 0 aliphatic carbocycles. The van der Waals surface area contributed by atoms with Gasteiger partial charge in [-0.05, 0) is 12.1 Å². The third-order valence-electron chi connectivity index (χ3n) is 1.93. The van der Waals surface area contributed by atoms with E-state index in [-0.39, 0.29) is 11.3 Å². The maximum absolute atomic E-state index is 10.8. The van der Waals surface area contributed by atoms with Crippen molar-refractivity contribution in [2.24, 2.45) is 0 Å². The first-order valence-electron chi connectivity index (χ1n) is 4.87. The molecule has 0 atom stereocenters. The molecular formula is C12H10O6. The molecule has 0 heterocycles. The predicted molar refractivity (Wildman–Crippen MR) is 61.0 cm³/mol. The van der Waals surface area contributed by atoms with Gasteiger partial charge in [0.1, 0.15) is 11.3 Å². The first-order chi connectivity index (χ1) is 8.41. The van der Waals surface area contributed by atoms with Crippen LogP contribution < -0.4 is 4.74 Å². The highest BCUT2D eigenvalue weighted by atomic mass is 16.5. The van der Waals surface area contributed by atoms with Crippen LogP contribution in [0.15, 0.2) is 29.8 Å². The largest absolute Gasteiger partial charge is 0.477 e. The Hall–Kier alpha value is -2.63. The fraction of sp³-hybridized carbons (Fsp3) is 0.0833. The van der Waals surface area contributed by atoms with E-state index in [0.29, 0.717) is 0 Å². The van der Waals surface area contributed by atoms with Gasteiger partial charge in [0, 0.05) is 12.5 Å². The Balaban J connectivity index is 3.24. The van der Waals surface area contributed by atoms with Gasteiger partial charge in [-0.15, -0.1) is 0 Å². The molecule has 1 rings (SSSR count). The molecule has 0 aliphatic rings. The molecule has 1 aromatic carbocycles. The van der Waals surface area contributed by atoms with Crippen LogP contribution in [0, 0.1) is 0 Å². The van der Waals surface area contributed by atoms with Crippen LogP contribution >= 0.6 is 0 Å². The molecule has 0 unspecified atom stereocenters. The fourth-order valence-corrected chi connectivity index (χ4v) is 1.22. The summed E-state index contributed by atoms with van der Waals surface area (Å²) in [5, 5.41) is 17.4. The molecule has 0 fully saturated rings. The van der Waals surface area contributed by atoms with Gasteiger partial charge in [-0.25, -0.2) is 9.59 Å². The summed E-state index contributed by atoms with van der Waals surface area (Å²) in [6.45, 7) is 1.19. The van der Waals surface area contributed by atoms with Crippen LogP contribution in [0.5, 0.6) is 5.75 Å². The number of carboxylic acids is 2. The van der Waals surface area contributed by atoms with Gasteiger partial charge in [0.2, 0.25) is 0 Å². The van der Waals surface area contributed by atoms with Crippen LogP contribution in [0.2, 0.25) is 0 Å². The minimum atomic E-state index is -1.57. The molecule has 6 nitrogen and oxygen atoms in total. The lowest BCUT2D eigenvalue weighted by atomic mass is 10.1. The number of aliphatic carboxylic acids is 2. The molecule has 0 aromatic heterocycles. The van der Waals surface area contributed by atoms with Crippen molar-refractivity contribution in [2.75, 3.05) is 0 Å². The molecule has 0 saturated carbocycles. The third-order valence-corrected chi connectivity index (χ3v) is 1.93. The van der Waals surface area contributed by atoms with E-state index < -0.39 is 23.5 Å². The summed E-state index contributed by atoms with van der Waals surface area (Å²) in [5.74, 6) is -3.62. The molecule has 0 spiro atoms. The maximum Gasteiger partial charge on any atom is 0.343 e. The van der Waals surface area contributed by atoms with E-state index in [1.54, 1.807) is 12.1 Å². The Morgan fingerprint density at radius 2 is 1.67 bits per heavy atom. The highest BCUT2D eigenvalue weighted by molar-refractivity contribution is 6.16. The normalized spacial score (nSPS) is 9.39. The monoisotopic (exact) mass is 250 g/mol. The molecule has 2 N–H and O–H groups in total. The van der Waals surface area contributed by atoms with Gasteiger partial charge in [0.25, 0.3) is 0 Å². The number of esters is 1. The molecule has 0 aliphatic heterocycles. The van der Waals surface area contributed by atoms with E-state index in [4.69, 9.17) is 14.9 Å². The summed E-state index contributed by atoms with van der Waals surface area (Å²) in [6.07, 6.45) is 0.933. The summed E-state index contributed by atoms with van der Waals surface area (Å²) in [6, 6.07) is 6.04. The van der Waals surface area contributed by atoms with Crippen LogP contribution in [0.3, 0.4) is 0 Å². The number of carbonyl (C=O) groups excluding carboxylic acids is 1. The Labute approximate surface area is 102 Å². The van der Waals surface area contributed by atoms with Gasteiger partial charge >= 0.3 is 17.9 Å². The topological polar surface area (TPSA) is 101 Å². The van der Waals surface area contributed by atoms with Crippen molar-refractivity contribution in [3.63, 3.8) is 0 Å². The lowest BCUT2D eigenvalue weighted by Crippen LogP contribution is -2.11. The van der Waals surface area contributed by atoms with Gasteiger partial charge < -0.3 is 14.9 Å². The zero-order chi connectivity index (χ0) is 13.7. The second-order valence-electron chi connectivity index (χ2n) is 3.30. The second-order valence-corrected chi connectivity index (χ2v) is 3.30. The minimum absolute atomic E-state index is 0.102. The maximum atomic E-state index is 10.8. The minimum Gasteiger partial charge on any atom is -0.477 e. The molecule has 0 amide bonds. The van der Waals surface area contributed by atoms with E-state index in [9.17, 15) is 14.4 Å². The van der Waals surface area contributed by atoms with Crippen LogP contribution in [-0.2, 0) is 14.4 Å². The number of hydrogen-bond acceptors (Lipinski definition) is 4. The number of para-hydroxylation sites is 1. The Kier molecular flexibility index (Phi) is 4.20. The molecule has 18 heavy (non-hydrogen) atoms. The summed E-state index contributed by atoms with van der Waals surface area (Å²) in [5.41, 5.74) is -0.609. The van der Waals surface area contributed by atoms with Gasteiger partial charge in [0.15, 0.2) is 0 Å². The first-order valence-corrected chi connectivity index (χ1v) is 4.87. The average molecular weight is 250 g/mol. The van der Waals surface area contributed by atoms with Crippen LogP contribution in [0.25, 0.3) is 6.08 Å². The number of hydrogen-bond donors (Lipinski definition) is 2. The first kappa shape index (κ1) is 13.4. The van der Waals surface area contributed by atoms with Crippen molar-refractivity contribution >= 4 is 24.0 Å². The number of carboxylic acid groups (broad SMARTS) is 2. The summed E-state index contributed by atoms with van der Waals surface area (Å²) in [7, 11) is 0. The van der Waals surface area contributed by atoms with Gasteiger partial charge in [-0.2, -0.15) is 0 Å². The van der Waals surface area contributed by atoms with E-state index in [2.05, 4.69) is 0 Å². The molecule has 0 saturated heterocycles. The van der Waals surface area contributed by atoms with Crippen molar-refractivity contribution < 1.29 is 29.3 Å². The predicted octanol–water partition coefficient (Wildman–Crippen LogP) is 1.16. The lowest BCUT2D eigenvalue weighted by molar-refractivity contribution is -0.140. The zero-order valence-electron chi connectivity index (χ0n) is 9.41. The van der Waals surface area contributed by atoms with Gasteiger partial charge in [-0.3, -0.25) is 4.79 Å². The van der Waals surface area contributed by atoms with Gasteiger partial charge in [0.05, 0.1) is 0 Å². The number of rotatable bonds is 4. The molecule has 1 aromatic rings. The number of carbonyl (C=O) groups is 3. The van der Waals surface area contributed by atoms with Crippen LogP contribution in [-0.4, -0.2) is 28.1 Å². The third kappa shape index (κ3) is 3.44. The van der Waals surface area contributed by atoms with E-state index >= 15 is 0 Å². The highest BCUT2D eigenvalue weighted by Crippen LogP contribution is 2.21. The Morgan fingerprint density at radius 1 is 1.11 bits per heavy atom. The molecule has 94 valence electrons. The number of ether oxygens (including phenoxy) is 1. The Bertz CT molecular complexity index is 513. The molecule has 0 radical (unpaired) electrons. The fourth-order valence-electron chi connectivity index (χ4n) is 1.22. The number of benzene rings is 1. The van der Waals surface area contributed by atoms with E-state index in [1.165, 1.54) is 19.1 Å². The van der Waals surface area contributed by atoms with Crippen molar-refractivity contribution in [1.82, 2.24) is 0 Å². The van der Waals surface area contributed by atoms with Crippen LogP contribution in [0.1, 0.15) is 12.5 Å². The molecular weight excluding hydrogens is 240 g/mol. The molecule has 0 bridgehead atoms. The highest BCUT2D eigenvalue weighted by Gasteiger charge is 2.17. The second kappa shape index (κ2) is 5.62. The van der Waals surface area contributed by atoms with E-state index in [1.807, 2.05) is 0 Å². The van der Waals surface area contributed by atoms with Gasteiger partial charge in [-0.1, -0.05) is 18.2 Å². The van der Waals surface area contributed by atoms with Crippen molar-refractivity contribution in [1.29, 1.82) is 0 Å². The summed E-state index contributed by atoms with van der Waals surface area (Å²) in [4.78, 5) is 32.3. The average Bonchev–Trinajstić information content (AvgIpc) is 2.26. The van der Waals surface area contributed by atoms with Crippen molar-refractivity contribution in [3.05, 3.63) is 35.4 Å². The molecule has 6 heteroatoms.